The molecule has 0 saturated heterocycles. The third-order valence-electron chi connectivity index (χ3n) is 3.99. The quantitative estimate of drug-likeness (QED) is 0.603. The Hall–Kier alpha value is -1.30. The molecule has 0 aromatic heterocycles. The zero-order valence-electron chi connectivity index (χ0n) is 11.1. The number of fused-ring (bicyclic) bond motifs is 3. The van der Waals surface area contributed by atoms with Gasteiger partial charge in [0, 0.05) is 5.41 Å². The standard InChI is InChI=1S/C15H16.C2H6/c1-15-11-5-4-7-13(15)10-9-12-6-2-3-8-14(12)15;1-2/h2-8,11,13H,9-10H2,1H3;1-2H3. The van der Waals surface area contributed by atoms with Crippen molar-refractivity contribution in [2.24, 2.45) is 5.92 Å². The Bertz CT molecular complexity index is 439. The second-order valence-corrected chi connectivity index (χ2v) is 4.83. The Labute approximate surface area is 105 Å². The molecule has 0 nitrogen and oxygen atoms in total. The Morgan fingerprint density at radius 2 is 1.88 bits per heavy atom. The molecule has 3 rings (SSSR count). The molecule has 0 radical (unpaired) electrons. The molecular weight excluding hydrogens is 204 g/mol. The molecule has 0 heteroatoms. The van der Waals surface area contributed by atoms with Crippen LogP contribution in [0.3, 0.4) is 0 Å². The van der Waals surface area contributed by atoms with Gasteiger partial charge in [0.1, 0.15) is 0 Å². The van der Waals surface area contributed by atoms with E-state index < -0.39 is 0 Å². The average Bonchev–Trinajstić information content (AvgIpc) is 2.41. The minimum Gasteiger partial charge on any atom is -0.0802 e. The molecule has 2 aliphatic carbocycles. The van der Waals surface area contributed by atoms with Gasteiger partial charge in [-0.05, 0) is 29.9 Å². The van der Waals surface area contributed by atoms with Crippen LogP contribution in [0.25, 0.3) is 0 Å². The maximum atomic E-state index is 2.37. The molecule has 90 valence electrons. The first kappa shape index (κ1) is 12.2. The van der Waals surface area contributed by atoms with Crippen LogP contribution in [0.2, 0.25) is 0 Å². The van der Waals surface area contributed by atoms with Gasteiger partial charge in [-0.2, -0.15) is 0 Å². The summed E-state index contributed by atoms with van der Waals surface area (Å²) in [7, 11) is 0. The van der Waals surface area contributed by atoms with Crippen LogP contribution in [0.1, 0.15) is 38.3 Å². The summed E-state index contributed by atoms with van der Waals surface area (Å²) in [5.74, 6) is 0.692. The Morgan fingerprint density at radius 1 is 1.12 bits per heavy atom. The normalized spacial score (nSPS) is 28.8. The predicted molar refractivity (Wildman–Crippen MR) is 75.2 cm³/mol. The van der Waals surface area contributed by atoms with Crippen LogP contribution in [0.15, 0.2) is 48.6 Å². The summed E-state index contributed by atoms with van der Waals surface area (Å²) in [6.07, 6.45) is 11.6. The van der Waals surface area contributed by atoms with Gasteiger partial charge in [0.15, 0.2) is 0 Å². The fourth-order valence-corrected chi connectivity index (χ4v) is 3.04. The van der Waals surface area contributed by atoms with E-state index in [1.807, 2.05) is 13.8 Å². The summed E-state index contributed by atoms with van der Waals surface area (Å²) in [5.41, 5.74) is 3.31. The summed E-state index contributed by atoms with van der Waals surface area (Å²) in [4.78, 5) is 0. The van der Waals surface area contributed by atoms with Gasteiger partial charge in [0.05, 0.1) is 0 Å². The fraction of sp³-hybridized carbons (Fsp3) is 0.412. The summed E-state index contributed by atoms with van der Waals surface area (Å²) in [5, 5.41) is 0. The van der Waals surface area contributed by atoms with Crippen molar-refractivity contribution >= 4 is 0 Å². The minimum absolute atomic E-state index is 0.240. The van der Waals surface area contributed by atoms with E-state index in [0.29, 0.717) is 5.92 Å². The lowest BCUT2D eigenvalue weighted by Crippen LogP contribution is -2.35. The molecule has 0 heterocycles. The number of benzene rings is 1. The Kier molecular flexibility index (Phi) is 3.51. The molecule has 0 fully saturated rings. The highest BCUT2D eigenvalue weighted by Crippen LogP contribution is 2.44. The van der Waals surface area contributed by atoms with E-state index >= 15 is 0 Å². The van der Waals surface area contributed by atoms with Crippen molar-refractivity contribution < 1.29 is 0 Å². The maximum absolute atomic E-state index is 2.37. The van der Waals surface area contributed by atoms with Crippen molar-refractivity contribution in [3.05, 3.63) is 59.7 Å². The number of hydrogen-bond donors (Lipinski definition) is 0. The second kappa shape index (κ2) is 4.91. The van der Waals surface area contributed by atoms with Crippen LogP contribution in [0.4, 0.5) is 0 Å². The lowest BCUT2D eigenvalue weighted by molar-refractivity contribution is 0.373. The van der Waals surface area contributed by atoms with Gasteiger partial charge in [-0.3, -0.25) is 0 Å². The van der Waals surface area contributed by atoms with Crippen molar-refractivity contribution in [2.75, 3.05) is 0 Å². The fourth-order valence-electron chi connectivity index (χ4n) is 3.04. The van der Waals surface area contributed by atoms with E-state index in [4.69, 9.17) is 0 Å². The topological polar surface area (TPSA) is 0 Å². The largest absolute Gasteiger partial charge is 0.0802 e. The first-order valence-electron chi connectivity index (χ1n) is 6.75. The average molecular weight is 226 g/mol. The van der Waals surface area contributed by atoms with Crippen molar-refractivity contribution in [1.29, 1.82) is 0 Å². The summed E-state index contributed by atoms with van der Waals surface area (Å²) >= 11 is 0. The van der Waals surface area contributed by atoms with Crippen molar-refractivity contribution in [3.63, 3.8) is 0 Å². The minimum atomic E-state index is 0.240. The van der Waals surface area contributed by atoms with Crippen LogP contribution in [0, 0.1) is 5.92 Å². The monoisotopic (exact) mass is 226 g/mol. The Balaban J connectivity index is 0.000000514. The van der Waals surface area contributed by atoms with E-state index in [0.717, 1.165) is 0 Å². The maximum Gasteiger partial charge on any atom is 0.0172 e. The molecular formula is C17H22. The van der Waals surface area contributed by atoms with Gasteiger partial charge in [0.2, 0.25) is 0 Å². The third-order valence-corrected chi connectivity index (χ3v) is 3.99. The Morgan fingerprint density at radius 3 is 2.71 bits per heavy atom. The molecule has 2 unspecified atom stereocenters. The van der Waals surface area contributed by atoms with E-state index in [-0.39, 0.29) is 5.41 Å². The highest BCUT2D eigenvalue weighted by molar-refractivity contribution is 5.44. The third kappa shape index (κ3) is 1.97. The van der Waals surface area contributed by atoms with Crippen LogP contribution < -0.4 is 0 Å². The summed E-state index contributed by atoms with van der Waals surface area (Å²) in [6, 6.07) is 8.90. The molecule has 0 bridgehead atoms. The van der Waals surface area contributed by atoms with Crippen molar-refractivity contribution in [2.45, 2.75) is 39.0 Å². The highest BCUT2D eigenvalue weighted by Gasteiger charge is 2.37. The zero-order chi connectivity index (χ0) is 12.3. The predicted octanol–water partition coefficient (Wildman–Crippen LogP) is 4.66. The van der Waals surface area contributed by atoms with Crippen LogP contribution in [-0.2, 0) is 11.8 Å². The second-order valence-electron chi connectivity index (χ2n) is 4.83. The van der Waals surface area contributed by atoms with E-state index in [2.05, 4.69) is 55.5 Å². The molecule has 0 N–H and O–H groups in total. The number of hydrogen-bond acceptors (Lipinski definition) is 0. The molecule has 0 spiro atoms. The molecule has 2 aliphatic rings. The molecule has 0 amide bonds. The van der Waals surface area contributed by atoms with E-state index in [9.17, 15) is 0 Å². The molecule has 0 saturated carbocycles. The summed E-state index contributed by atoms with van der Waals surface area (Å²) in [6.45, 7) is 6.37. The van der Waals surface area contributed by atoms with Gasteiger partial charge >= 0.3 is 0 Å². The zero-order valence-corrected chi connectivity index (χ0v) is 11.1. The van der Waals surface area contributed by atoms with Crippen LogP contribution in [0.5, 0.6) is 0 Å². The van der Waals surface area contributed by atoms with E-state index in [1.54, 1.807) is 0 Å². The molecule has 2 atom stereocenters. The number of allylic oxidation sites excluding steroid dienone is 4. The SMILES string of the molecule is CC.CC12C=CC=CC1CCc1ccccc12. The lowest BCUT2D eigenvalue weighted by Gasteiger charge is -2.41. The van der Waals surface area contributed by atoms with Crippen molar-refractivity contribution in [3.8, 4) is 0 Å². The highest BCUT2D eigenvalue weighted by atomic mass is 14.4. The summed E-state index contributed by atoms with van der Waals surface area (Å²) < 4.78 is 0. The van der Waals surface area contributed by atoms with Crippen molar-refractivity contribution in [1.82, 2.24) is 0 Å². The number of rotatable bonds is 0. The van der Waals surface area contributed by atoms with Crippen LogP contribution in [-0.4, -0.2) is 0 Å². The first-order chi connectivity index (χ1) is 8.31. The molecule has 17 heavy (non-hydrogen) atoms. The van der Waals surface area contributed by atoms with Gasteiger partial charge in [-0.1, -0.05) is 69.3 Å². The first-order valence-corrected chi connectivity index (χ1v) is 6.75. The lowest BCUT2D eigenvalue weighted by atomic mass is 9.63. The van der Waals surface area contributed by atoms with Gasteiger partial charge in [-0.15, -0.1) is 0 Å². The van der Waals surface area contributed by atoms with Gasteiger partial charge in [0.25, 0.3) is 0 Å². The molecule has 0 aliphatic heterocycles. The number of aryl methyl sites for hydroxylation is 1. The smallest absolute Gasteiger partial charge is 0.0172 e. The molecule has 1 aromatic carbocycles. The van der Waals surface area contributed by atoms with E-state index in [1.165, 1.54) is 24.0 Å². The van der Waals surface area contributed by atoms with Crippen LogP contribution >= 0.6 is 0 Å². The van der Waals surface area contributed by atoms with Gasteiger partial charge in [-0.25, -0.2) is 0 Å². The molecule has 1 aromatic rings. The van der Waals surface area contributed by atoms with Gasteiger partial charge < -0.3 is 0 Å².